The molecule has 0 aliphatic rings. The van der Waals surface area contributed by atoms with Crippen molar-refractivity contribution in [2.75, 3.05) is 38.2 Å². The van der Waals surface area contributed by atoms with Crippen LogP contribution in [0.5, 0.6) is 11.5 Å². The van der Waals surface area contributed by atoms with Crippen LogP contribution in [0.15, 0.2) is 48.5 Å². The molecule has 2 rings (SSSR count). The van der Waals surface area contributed by atoms with E-state index in [4.69, 9.17) is 9.47 Å². The van der Waals surface area contributed by atoms with Crippen molar-refractivity contribution in [3.8, 4) is 11.5 Å². The molecule has 140 valence electrons. The molecule has 1 amide bonds. The smallest absolute Gasteiger partial charge is 0.255 e. The fourth-order valence-electron chi connectivity index (χ4n) is 2.58. The molecule has 5 heteroatoms. The SMILES string of the molecule is CCOc1ccc(C(=O)Nc2ccccc2OCCN(CC)CC)cc1. The lowest BCUT2D eigenvalue weighted by molar-refractivity contribution is 0.102. The first-order valence-corrected chi connectivity index (χ1v) is 9.16. The minimum atomic E-state index is -0.173. The van der Waals surface area contributed by atoms with E-state index in [2.05, 4.69) is 24.1 Å². The van der Waals surface area contributed by atoms with E-state index in [9.17, 15) is 4.79 Å². The van der Waals surface area contributed by atoms with Crippen molar-refractivity contribution in [2.45, 2.75) is 20.8 Å². The first kappa shape index (κ1) is 19.8. The quantitative estimate of drug-likeness (QED) is 0.697. The molecule has 2 aromatic carbocycles. The second-order valence-electron chi connectivity index (χ2n) is 5.78. The highest BCUT2D eigenvalue weighted by atomic mass is 16.5. The highest BCUT2D eigenvalue weighted by molar-refractivity contribution is 6.05. The zero-order valence-electron chi connectivity index (χ0n) is 15.8. The van der Waals surface area contributed by atoms with Crippen LogP contribution in [0.2, 0.25) is 0 Å². The summed E-state index contributed by atoms with van der Waals surface area (Å²) in [7, 11) is 0. The van der Waals surface area contributed by atoms with Crippen molar-refractivity contribution in [3.05, 3.63) is 54.1 Å². The van der Waals surface area contributed by atoms with Gasteiger partial charge in [0.15, 0.2) is 0 Å². The van der Waals surface area contributed by atoms with Crippen LogP contribution in [0, 0.1) is 0 Å². The summed E-state index contributed by atoms with van der Waals surface area (Å²) in [4.78, 5) is 14.8. The molecule has 0 fully saturated rings. The van der Waals surface area contributed by atoms with Crippen LogP contribution in [0.25, 0.3) is 0 Å². The van der Waals surface area contributed by atoms with Gasteiger partial charge in [0, 0.05) is 12.1 Å². The number of benzene rings is 2. The summed E-state index contributed by atoms with van der Waals surface area (Å²) in [6.45, 7) is 10.2. The summed E-state index contributed by atoms with van der Waals surface area (Å²) in [5, 5.41) is 2.93. The Bertz CT molecular complexity index is 682. The number of para-hydroxylation sites is 2. The van der Waals surface area contributed by atoms with Gasteiger partial charge in [-0.25, -0.2) is 0 Å². The van der Waals surface area contributed by atoms with Gasteiger partial charge in [0.25, 0.3) is 5.91 Å². The molecular weight excluding hydrogens is 328 g/mol. The molecule has 0 aliphatic carbocycles. The Balaban J connectivity index is 1.99. The Morgan fingerprint density at radius 1 is 0.962 bits per heavy atom. The van der Waals surface area contributed by atoms with Gasteiger partial charge in [-0.15, -0.1) is 0 Å². The Hall–Kier alpha value is -2.53. The van der Waals surface area contributed by atoms with Gasteiger partial charge in [-0.05, 0) is 56.4 Å². The topological polar surface area (TPSA) is 50.8 Å². The highest BCUT2D eigenvalue weighted by Crippen LogP contribution is 2.24. The summed E-state index contributed by atoms with van der Waals surface area (Å²) >= 11 is 0. The zero-order valence-corrected chi connectivity index (χ0v) is 15.8. The lowest BCUT2D eigenvalue weighted by Gasteiger charge is -2.19. The van der Waals surface area contributed by atoms with Gasteiger partial charge in [-0.3, -0.25) is 4.79 Å². The summed E-state index contributed by atoms with van der Waals surface area (Å²) in [5.41, 5.74) is 1.25. The molecule has 0 heterocycles. The van der Waals surface area contributed by atoms with Crippen molar-refractivity contribution in [3.63, 3.8) is 0 Å². The molecule has 0 spiro atoms. The van der Waals surface area contributed by atoms with Gasteiger partial charge in [0.1, 0.15) is 18.1 Å². The number of hydrogen-bond donors (Lipinski definition) is 1. The lowest BCUT2D eigenvalue weighted by Crippen LogP contribution is -2.28. The van der Waals surface area contributed by atoms with E-state index in [-0.39, 0.29) is 5.91 Å². The second kappa shape index (κ2) is 10.5. The van der Waals surface area contributed by atoms with Gasteiger partial charge in [-0.2, -0.15) is 0 Å². The summed E-state index contributed by atoms with van der Waals surface area (Å²) in [6, 6.07) is 14.6. The molecular formula is C21H28N2O3. The molecule has 1 N–H and O–H groups in total. The average molecular weight is 356 g/mol. The Morgan fingerprint density at radius 3 is 2.31 bits per heavy atom. The van der Waals surface area contributed by atoms with Crippen molar-refractivity contribution < 1.29 is 14.3 Å². The minimum absolute atomic E-state index is 0.173. The van der Waals surface area contributed by atoms with Gasteiger partial charge in [0.2, 0.25) is 0 Å². The third-order valence-corrected chi connectivity index (χ3v) is 4.12. The normalized spacial score (nSPS) is 10.6. The fourth-order valence-corrected chi connectivity index (χ4v) is 2.58. The first-order chi connectivity index (χ1) is 12.7. The third-order valence-electron chi connectivity index (χ3n) is 4.12. The van der Waals surface area contributed by atoms with Crippen LogP contribution in [-0.2, 0) is 0 Å². The number of anilines is 1. The van der Waals surface area contributed by atoms with Crippen molar-refractivity contribution in [2.24, 2.45) is 0 Å². The van der Waals surface area contributed by atoms with Gasteiger partial charge in [-0.1, -0.05) is 26.0 Å². The molecule has 0 saturated heterocycles. The Morgan fingerprint density at radius 2 is 1.65 bits per heavy atom. The van der Waals surface area contributed by atoms with E-state index in [1.807, 2.05) is 31.2 Å². The van der Waals surface area contributed by atoms with Crippen LogP contribution >= 0.6 is 0 Å². The zero-order chi connectivity index (χ0) is 18.8. The maximum Gasteiger partial charge on any atom is 0.255 e. The molecule has 0 aliphatic heterocycles. The first-order valence-electron chi connectivity index (χ1n) is 9.16. The van der Waals surface area contributed by atoms with Crippen LogP contribution in [0.3, 0.4) is 0 Å². The second-order valence-corrected chi connectivity index (χ2v) is 5.78. The lowest BCUT2D eigenvalue weighted by atomic mass is 10.2. The van der Waals surface area contributed by atoms with Gasteiger partial charge < -0.3 is 19.7 Å². The van der Waals surface area contributed by atoms with Crippen LogP contribution in [-0.4, -0.2) is 43.7 Å². The molecule has 0 atom stereocenters. The molecule has 0 radical (unpaired) electrons. The van der Waals surface area contributed by atoms with Crippen molar-refractivity contribution >= 4 is 11.6 Å². The fraction of sp³-hybridized carbons (Fsp3) is 0.381. The van der Waals surface area contributed by atoms with Gasteiger partial charge >= 0.3 is 0 Å². The minimum Gasteiger partial charge on any atom is -0.494 e. The van der Waals surface area contributed by atoms with E-state index in [0.29, 0.717) is 30.2 Å². The Kier molecular flexibility index (Phi) is 7.96. The highest BCUT2D eigenvalue weighted by Gasteiger charge is 2.10. The molecule has 2 aromatic rings. The maximum atomic E-state index is 12.5. The monoisotopic (exact) mass is 356 g/mol. The number of hydrogen-bond acceptors (Lipinski definition) is 4. The van der Waals surface area contributed by atoms with Crippen LogP contribution in [0.4, 0.5) is 5.69 Å². The standard InChI is InChI=1S/C21H28N2O3/c1-4-23(5-2)15-16-26-20-10-8-7-9-19(20)22-21(24)17-11-13-18(14-12-17)25-6-3/h7-14H,4-6,15-16H2,1-3H3,(H,22,24). The van der Waals surface area contributed by atoms with Crippen molar-refractivity contribution in [1.29, 1.82) is 0 Å². The van der Waals surface area contributed by atoms with Crippen LogP contribution < -0.4 is 14.8 Å². The number of nitrogens with one attached hydrogen (secondary N) is 1. The largest absolute Gasteiger partial charge is 0.494 e. The predicted octanol–water partition coefficient (Wildman–Crippen LogP) is 4.06. The van der Waals surface area contributed by atoms with E-state index in [1.165, 1.54) is 0 Å². The molecule has 26 heavy (non-hydrogen) atoms. The van der Waals surface area contributed by atoms with Crippen molar-refractivity contribution in [1.82, 2.24) is 4.90 Å². The number of nitrogens with zero attached hydrogens (tertiary/aromatic N) is 1. The number of likely N-dealkylation sites (N-methyl/N-ethyl adjacent to an activating group) is 1. The summed E-state index contributed by atoms with van der Waals surface area (Å²) < 4.78 is 11.3. The predicted molar refractivity (Wildman–Crippen MR) is 105 cm³/mol. The molecule has 0 aromatic heterocycles. The maximum absolute atomic E-state index is 12.5. The average Bonchev–Trinajstić information content (AvgIpc) is 2.67. The number of rotatable bonds is 10. The van der Waals surface area contributed by atoms with E-state index in [0.717, 1.165) is 25.4 Å². The molecule has 0 saturated carbocycles. The molecule has 0 unspecified atom stereocenters. The van der Waals surface area contributed by atoms with E-state index >= 15 is 0 Å². The van der Waals surface area contributed by atoms with E-state index < -0.39 is 0 Å². The number of carbonyl (C=O) groups is 1. The summed E-state index contributed by atoms with van der Waals surface area (Å²) in [6.07, 6.45) is 0. The number of amides is 1. The summed E-state index contributed by atoms with van der Waals surface area (Å²) in [5.74, 6) is 1.26. The molecule has 0 bridgehead atoms. The number of carbonyl (C=O) groups excluding carboxylic acids is 1. The van der Waals surface area contributed by atoms with Crippen LogP contribution in [0.1, 0.15) is 31.1 Å². The Labute approximate surface area is 155 Å². The number of ether oxygens (including phenoxy) is 2. The van der Waals surface area contributed by atoms with Gasteiger partial charge in [0.05, 0.1) is 12.3 Å². The third kappa shape index (κ3) is 5.77. The molecule has 5 nitrogen and oxygen atoms in total. The van der Waals surface area contributed by atoms with E-state index in [1.54, 1.807) is 24.3 Å².